The number of hydrogen-bond donors (Lipinski definition) is 1. The molecule has 4 rings (SSSR count). The van der Waals surface area contributed by atoms with Gasteiger partial charge in [-0.05, 0) is 35.7 Å². The van der Waals surface area contributed by atoms with Gasteiger partial charge in [-0.2, -0.15) is 0 Å². The lowest BCUT2D eigenvalue weighted by molar-refractivity contribution is -0.394. The highest BCUT2D eigenvalue weighted by molar-refractivity contribution is 6.00. The van der Waals surface area contributed by atoms with Gasteiger partial charge >= 0.3 is 17.3 Å². The van der Waals surface area contributed by atoms with Crippen LogP contribution in [0.5, 0.6) is 23.0 Å². The molecule has 0 aliphatic heterocycles. The zero-order valence-electron chi connectivity index (χ0n) is 19.1. The van der Waals surface area contributed by atoms with Crippen molar-refractivity contribution in [2.45, 2.75) is 0 Å². The standard InChI is InChI=1S/C23H12N4O12/c28-23(29)16-8-12-2-1-3-19(38-20-6-4-13(24(30)31)9-17(20)26(34)35)15(12)11-22(16)39-21-7-5-14(25(32)33)10-18(21)27(36)37/h1-11H,(H,28,29). The SMILES string of the molecule is O=C(O)c1cc2cccc(Oc3ccc([N+](=O)[O-])cc3[N+](=O)[O-])c2cc1Oc1ccc([N+](=O)[O-])cc1[N+](=O)[O-]. The fourth-order valence-electron chi connectivity index (χ4n) is 3.55. The summed E-state index contributed by atoms with van der Waals surface area (Å²) in [6.45, 7) is 0. The number of carboxylic acid groups (broad SMARTS) is 1. The zero-order valence-corrected chi connectivity index (χ0v) is 19.1. The van der Waals surface area contributed by atoms with Crippen LogP contribution in [0.1, 0.15) is 10.4 Å². The number of fused-ring (bicyclic) bond motifs is 1. The highest BCUT2D eigenvalue weighted by atomic mass is 16.6. The van der Waals surface area contributed by atoms with E-state index in [9.17, 15) is 50.4 Å². The second kappa shape index (κ2) is 10.1. The maximum atomic E-state index is 11.9. The molecule has 39 heavy (non-hydrogen) atoms. The third-order valence-electron chi connectivity index (χ3n) is 5.31. The molecule has 16 nitrogen and oxygen atoms in total. The molecule has 0 bridgehead atoms. The van der Waals surface area contributed by atoms with E-state index >= 15 is 0 Å². The molecule has 0 heterocycles. The van der Waals surface area contributed by atoms with Gasteiger partial charge in [-0.15, -0.1) is 0 Å². The van der Waals surface area contributed by atoms with Gasteiger partial charge in [0.05, 0.1) is 31.8 Å². The minimum absolute atomic E-state index is 0.0376. The number of rotatable bonds is 9. The average molecular weight is 536 g/mol. The molecule has 0 radical (unpaired) electrons. The minimum Gasteiger partial charge on any atom is -0.478 e. The van der Waals surface area contributed by atoms with Crippen LogP contribution in [-0.4, -0.2) is 30.8 Å². The topological polar surface area (TPSA) is 228 Å². The highest BCUT2D eigenvalue weighted by Crippen LogP contribution is 2.41. The van der Waals surface area contributed by atoms with Gasteiger partial charge in [0.15, 0.2) is 0 Å². The van der Waals surface area contributed by atoms with Crippen molar-refractivity contribution in [3.05, 3.63) is 113 Å². The van der Waals surface area contributed by atoms with Gasteiger partial charge in [0.25, 0.3) is 11.4 Å². The summed E-state index contributed by atoms with van der Waals surface area (Å²) < 4.78 is 11.2. The van der Waals surface area contributed by atoms with E-state index in [0.717, 1.165) is 30.3 Å². The summed E-state index contributed by atoms with van der Waals surface area (Å²) in [5, 5.41) is 55.2. The second-order valence-corrected chi connectivity index (χ2v) is 7.67. The monoisotopic (exact) mass is 536 g/mol. The summed E-state index contributed by atoms with van der Waals surface area (Å²) in [4.78, 5) is 53.5. The van der Waals surface area contributed by atoms with Crippen molar-refractivity contribution in [2.75, 3.05) is 0 Å². The van der Waals surface area contributed by atoms with E-state index in [0.29, 0.717) is 12.1 Å². The fourth-order valence-corrected chi connectivity index (χ4v) is 3.55. The first-order chi connectivity index (χ1) is 18.5. The Labute approximate surface area is 214 Å². The molecule has 0 aliphatic carbocycles. The van der Waals surface area contributed by atoms with Crippen LogP contribution in [0.2, 0.25) is 0 Å². The summed E-state index contributed by atoms with van der Waals surface area (Å²) in [7, 11) is 0. The van der Waals surface area contributed by atoms with Crippen LogP contribution in [0.15, 0.2) is 66.7 Å². The second-order valence-electron chi connectivity index (χ2n) is 7.67. The van der Waals surface area contributed by atoms with Crippen molar-refractivity contribution in [1.29, 1.82) is 0 Å². The van der Waals surface area contributed by atoms with Crippen LogP contribution in [-0.2, 0) is 0 Å². The minimum atomic E-state index is -1.46. The van der Waals surface area contributed by atoms with E-state index in [-0.39, 0.29) is 22.3 Å². The molecule has 4 aromatic carbocycles. The highest BCUT2D eigenvalue weighted by Gasteiger charge is 2.25. The van der Waals surface area contributed by atoms with Crippen molar-refractivity contribution in [3.63, 3.8) is 0 Å². The molecule has 0 atom stereocenters. The van der Waals surface area contributed by atoms with E-state index in [4.69, 9.17) is 9.47 Å². The lowest BCUT2D eigenvalue weighted by Crippen LogP contribution is -2.02. The molecule has 0 saturated carbocycles. The number of carbonyl (C=O) groups is 1. The predicted octanol–water partition coefficient (Wildman–Crippen LogP) is 5.76. The summed E-state index contributed by atoms with van der Waals surface area (Å²) in [6, 6.07) is 11.9. The third kappa shape index (κ3) is 5.19. The Morgan fingerprint density at radius 2 is 1.13 bits per heavy atom. The van der Waals surface area contributed by atoms with Crippen LogP contribution in [0.4, 0.5) is 22.7 Å². The van der Waals surface area contributed by atoms with E-state index in [2.05, 4.69) is 0 Å². The Kier molecular flexibility index (Phi) is 6.67. The molecular formula is C23H12N4O12. The molecule has 196 valence electrons. The number of nitrogens with zero attached hydrogens (tertiary/aromatic N) is 4. The zero-order chi connectivity index (χ0) is 28.4. The molecule has 0 aliphatic rings. The van der Waals surface area contributed by atoms with E-state index in [1.807, 2.05) is 0 Å². The van der Waals surface area contributed by atoms with Crippen LogP contribution < -0.4 is 9.47 Å². The smallest absolute Gasteiger partial charge is 0.339 e. The average Bonchev–Trinajstić information content (AvgIpc) is 2.88. The Balaban J connectivity index is 1.85. The Bertz CT molecular complexity index is 1720. The maximum absolute atomic E-state index is 11.9. The van der Waals surface area contributed by atoms with Crippen LogP contribution in [0, 0.1) is 40.5 Å². The first-order valence-electron chi connectivity index (χ1n) is 10.5. The Hall–Kier alpha value is -6.19. The summed E-state index contributed by atoms with van der Waals surface area (Å²) in [5.74, 6) is -2.75. The molecule has 16 heteroatoms. The molecule has 0 unspecified atom stereocenters. The number of ether oxygens (including phenoxy) is 2. The number of nitro groups is 4. The summed E-state index contributed by atoms with van der Waals surface area (Å²) in [5.41, 5.74) is -3.06. The van der Waals surface area contributed by atoms with Gasteiger partial charge in [0, 0.05) is 17.5 Å². The molecule has 0 fully saturated rings. The van der Waals surface area contributed by atoms with Crippen LogP contribution >= 0.6 is 0 Å². The first kappa shape index (κ1) is 25.9. The fraction of sp³-hybridized carbons (Fsp3) is 0. The van der Waals surface area contributed by atoms with Crippen molar-refractivity contribution >= 4 is 39.5 Å². The number of aromatic carboxylic acids is 1. The molecule has 0 aromatic heterocycles. The van der Waals surface area contributed by atoms with Crippen molar-refractivity contribution in [1.82, 2.24) is 0 Å². The predicted molar refractivity (Wildman–Crippen MR) is 131 cm³/mol. The number of hydrogen-bond acceptors (Lipinski definition) is 11. The van der Waals surface area contributed by atoms with Crippen LogP contribution in [0.3, 0.4) is 0 Å². The first-order valence-corrected chi connectivity index (χ1v) is 10.5. The third-order valence-corrected chi connectivity index (χ3v) is 5.31. The summed E-state index contributed by atoms with van der Waals surface area (Å²) in [6.07, 6.45) is 0. The van der Waals surface area contributed by atoms with E-state index < -0.39 is 65.5 Å². The number of benzene rings is 4. The van der Waals surface area contributed by atoms with Crippen molar-refractivity contribution in [2.24, 2.45) is 0 Å². The number of nitro benzene ring substituents is 4. The Morgan fingerprint density at radius 3 is 1.59 bits per heavy atom. The number of non-ortho nitro benzene ring substituents is 2. The largest absolute Gasteiger partial charge is 0.478 e. The lowest BCUT2D eigenvalue weighted by atomic mass is 10.0. The maximum Gasteiger partial charge on any atom is 0.339 e. The quantitative estimate of drug-likeness (QED) is 0.199. The molecule has 4 aromatic rings. The van der Waals surface area contributed by atoms with Gasteiger partial charge in [0.1, 0.15) is 17.1 Å². The number of carboxylic acids is 1. The normalized spacial score (nSPS) is 10.6. The molecule has 0 amide bonds. The molecule has 0 saturated heterocycles. The van der Waals surface area contributed by atoms with Crippen molar-refractivity contribution < 1.29 is 39.1 Å². The Morgan fingerprint density at radius 1 is 0.615 bits per heavy atom. The van der Waals surface area contributed by atoms with Gasteiger partial charge in [-0.1, -0.05) is 12.1 Å². The van der Waals surface area contributed by atoms with E-state index in [1.54, 1.807) is 0 Å². The van der Waals surface area contributed by atoms with Gasteiger partial charge in [0.2, 0.25) is 11.5 Å². The van der Waals surface area contributed by atoms with E-state index in [1.165, 1.54) is 24.3 Å². The molecular weight excluding hydrogens is 524 g/mol. The van der Waals surface area contributed by atoms with Crippen LogP contribution in [0.25, 0.3) is 10.8 Å². The van der Waals surface area contributed by atoms with Gasteiger partial charge in [-0.25, -0.2) is 4.79 Å². The lowest BCUT2D eigenvalue weighted by Gasteiger charge is -2.13. The molecule has 0 spiro atoms. The summed E-state index contributed by atoms with van der Waals surface area (Å²) >= 11 is 0. The van der Waals surface area contributed by atoms with Gasteiger partial charge < -0.3 is 14.6 Å². The molecule has 1 N–H and O–H groups in total. The van der Waals surface area contributed by atoms with Gasteiger partial charge in [-0.3, -0.25) is 40.5 Å². The van der Waals surface area contributed by atoms with Crippen molar-refractivity contribution in [3.8, 4) is 23.0 Å².